The van der Waals surface area contributed by atoms with Crippen LogP contribution in [0, 0.1) is 11.6 Å². The van der Waals surface area contributed by atoms with Gasteiger partial charge in [-0.3, -0.25) is 0 Å². The molecule has 0 aromatic heterocycles. The van der Waals surface area contributed by atoms with Crippen LogP contribution in [0.2, 0.25) is 0 Å². The van der Waals surface area contributed by atoms with Crippen LogP contribution < -0.4 is 0 Å². The molecule has 0 heterocycles. The van der Waals surface area contributed by atoms with Crippen LogP contribution in [0.1, 0.15) is 37.2 Å². The lowest BCUT2D eigenvalue weighted by Crippen LogP contribution is -1.98. The third-order valence-corrected chi connectivity index (χ3v) is 2.78. The molecule has 0 N–H and O–H groups in total. The Balaban J connectivity index is 2.33. The fourth-order valence-corrected chi connectivity index (χ4v) is 2.07. The predicted octanol–water partition coefficient (Wildman–Crippen LogP) is 3.62. The fraction of sp³-hybridized carbons (Fsp3) is 0.455. The molecule has 2 rings (SSSR count). The highest BCUT2D eigenvalue weighted by Crippen LogP contribution is 2.35. The minimum atomic E-state index is -0.718. The number of halogens is 2. The van der Waals surface area contributed by atoms with Gasteiger partial charge in [0, 0.05) is 0 Å². The van der Waals surface area contributed by atoms with Gasteiger partial charge in [0.15, 0.2) is 11.6 Å². The van der Waals surface area contributed by atoms with E-state index in [1.54, 1.807) is 12.1 Å². The van der Waals surface area contributed by atoms with Gasteiger partial charge in [-0.05, 0) is 30.4 Å². The van der Waals surface area contributed by atoms with Gasteiger partial charge in [-0.15, -0.1) is 0 Å². The molecule has 2 heteroatoms. The molecule has 0 amide bonds. The first-order valence-electron chi connectivity index (χ1n) is 4.73. The third kappa shape index (κ3) is 1.58. The maximum absolute atomic E-state index is 13.3. The Kier molecular flexibility index (Phi) is 2.30. The van der Waals surface area contributed by atoms with Crippen LogP contribution >= 0.6 is 0 Å². The number of hydrogen-bond donors (Lipinski definition) is 0. The normalized spacial score (nSPS) is 18.0. The highest BCUT2D eigenvalue weighted by Gasteiger charge is 2.21. The lowest BCUT2D eigenvalue weighted by atomic mass is 9.97. The zero-order chi connectivity index (χ0) is 9.26. The number of rotatable bonds is 1. The molecule has 0 radical (unpaired) electrons. The standard InChI is InChI=1S/C11H12F2/c12-10-7-3-6-9(11(10)13)8-4-1-2-5-8/h3,6-8H,1-2,4-5H2. The van der Waals surface area contributed by atoms with Gasteiger partial charge in [-0.2, -0.15) is 0 Å². The second-order valence-electron chi connectivity index (χ2n) is 3.62. The van der Waals surface area contributed by atoms with Gasteiger partial charge in [-0.1, -0.05) is 25.0 Å². The summed E-state index contributed by atoms with van der Waals surface area (Å²) in [5.74, 6) is -1.12. The zero-order valence-electron chi connectivity index (χ0n) is 7.39. The monoisotopic (exact) mass is 182 g/mol. The van der Waals surface area contributed by atoms with Gasteiger partial charge in [0.25, 0.3) is 0 Å². The van der Waals surface area contributed by atoms with Crippen molar-refractivity contribution >= 4 is 0 Å². The van der Waals surface area contributed by atoms with Crippen LogP contribution in [0.15, 0.2) is 18.2 Å². The Morgan fingerprint density at radius 1 is 1.08 bits per heavy atom. The average molecular weight is 182 g/mol. The predicted molar refractivity (Wildman–Crippen MR) is 47.6 cm³/mol. The van der Waals surface area contributed by atoms with Gasteiger partial charge in [0.2, 0.25) is 0 Å². The van der Waals surface area contributed by atoms with Crippen molar-refractivity contribution in [2.75, 3.05) is 0 Å². The lowest BCUT2D eigenvalue weighted by molar-refractivity contribution is 0.488. The molecule has 0 atom stereocenters. The molecular weight excluding hydrogens is 170 g/mol. The van der Waals surface area contributed by atoms with Crippen LogP contribution in [0.5, 0.6) is 0 Å². The Hall–Kier alpha value is -0.920. The number of hydrogen-bond acceptors (Lipinski definition) is 0. The molecule has 1 saturated carbocycles. The van der Waals surface area contributed by atoms with Crippen LogP contribution in [-0.4, -0.2) is 0 Å². The molecule has 1 aliphatic carbocycles. The second kappa shape index (κ2) is 3.44. The van der Waals surface area contributed by atoms with Crippen LogP contribution in [0.25, 0.3) is 0 Å². The first kappa shape index (κ1) is 8.67. The first-order chi connectivity index (χ1) is 6.29. The van der Waals surface area contributed by atoms with Gasteiger partial charge >= 0.3 is 0 Å². The van der Waals surface area contributed by atoms with Crippen molar-refractivity contribution in [3.05, 3.63) is 35.4 Å². The maximum atomic E-state index is 13.3. The molecule has 0 saturated heterocycles. The summed E-state index contributed by atoms with van der Waals surface area (Å²) >= 11 is 0. The van der Waals surface area contributed by atoms with Crippen molar-refractivity contribution < 1.29 is 8.78 Å². The molecular formula is C11H12F2. The van der Waals surface area contributed by atoms with E-state index in [2.05, 4.69) is 0 Å². The van der Waals surface area contributed by atoms with E-state index in [1.165, 1.54) is 6.07 Å². The van der Waals surface area contributed by atoms with E-state index in [1.807, 2.05) is 0 Å². The van der Waals surface area contributed by atoms with Gasteiger partial charge < -0.3 is 0 Å². The van der Waals surface area contributed by atoms with Crippen LogP contribution in [-0.2, 0) is 0 Å². The molecule has 1 aromatic carbocycles. The summed E-state index contributed by atoms with van der Waals surface area (Å²) in [5, 5.41) is 0. The average Bonchev–Trinajstić information content (AvgIpc) is 2.62. The van der Waals surface area contributed by atoms with E-state index < -0.39 is 11.6 Å². The van der Waals surface area contributed by atoms with Crippen LogP contribution in [0.3, 0.4) is 0 Å². The SMILES string of the molecule is Fc1cccc(C2CCCC2)c1F. The van der Waals surface area contributed by atoms with E-state index in [0.29, 0.717) is 5.56 Å². The van der Waals surface area contributed by atoms with E-state index >= 15 is 0 Å². The summed E-state index contributed by atoms with van der Waals surface area (Å²) in [5.41, 5.74) is 0.567. The molecule has 1 fully saturated rings. The van der Waals surface area contributed by atoms with Gasteiger partial charge in [0.1, 0.15) is 0 Å². The summed E-state index contributed by atoms with van der Waals surface area (Å²) in [6.07, 6.45) is 4.28. The van der Waals surface area contributed by atoms with E-state index in [0.717, 1.165) is 25.7 Å². The minimum Gasteiger partial charge on any atom is -0.204 e. The molecule has 0 aliphatic heterocycles. The van der Waals surface area contributed by atoms with E-state index in [-0.39, 0.29) is 5.92 Å². The Morgan fingerprint density at radius 2 is 1.77 bits per heavy atom. The topological polar surface area (TPSA) is 0 Å². The lowest BCUT2D eigenvalue weighted by Gasteiger charge is -2.10. The van der Waals surface area contributed by atoms with Crippen molar-refractivity contribution in [3.63, 3.8) is 0 Å². The summed E-state index contributed by atoms with van der Waals surface area (Å²) in [6.45, 7) is 0. The second-order valence-corrected chi connectivity index (χ2v) is 3.62. The summed E-state index contributed by atoms with van der Waals surface area (Å²) in [7, 11) is 0. The smallest absolute Gasteiger partial charge is 0.162 e. The largest absolute Gasteiger partial charge is 0.204 e. The van der Waals surface area contributed by atoms with Crippen LogP contribution in [0.4, 0.5) is 8.78 Å². The molecule has 0 unspecified atom stereocenters. The summed E-state index contributed by atoms with van der Waals surface area (Å²) in [4.78, 5) is 0. The quantitative estimate of drug-likeness (QED) is 0.622. The number of benzene rings is 1. The fourth-order valence-electron chi connectivity index (χ4n) is 2.07. The van der Waals surface area contributed by atoms with Crippen molar-refractivity contribution in [3.8, 4) is 0 Å². The van der Waals surface area contributed by atoms with Crippen molar-refractivity contribution in [2.24, 2.45) is 0 Å². The first-order valence-corrected chi connectivity index (χ1v) is 4.73. The maximum Gasteiger partial charge on any atom is 0.162 e. The van der Waals surface area contributed by atoms with Gasteiger partial charge in [0.05, 0.1) is 0 Å². The van der Waals surface area contributed by atoms with Crippen molar-refractivity contribution in [2.45, 2.75) is 31.6 Å². The van der Waals surface area contributed by atoms with Crippen molar-refractivity contribution in [1.29, 1.82) is 0 Å². The molecule has 0 nitrogen and oxygen atoms in total. The molecule has 0 bridgehead atoms. The molecule has 0 spiro atoms. The molecule has 13 heavy (non-hydrogen) atoms. The zero-order valence-corrected chi connectivity index (χ0v) is 7.39. The summed E-state index contributed by atoms with van der Waals surface area (Å²) in [6, 6.07) is 4.47. The third-order valence-electron chi connectivity index (χ3n) is 2.78. The molecule has 1 aromatic rings. The van der Waals surface area contributed by atoms with E-state index in [4.69, 9.17) is 0 Å². The highest BCUT2D eigenvalue weighted by atomic mass is 19.2. The Labute approximate surface area is 76.6 Å². The van der Waals surface area contributed by atoms with Gasteiger partial charge in [-0.25, -0.2) is 8.78 Å². The Morgan fingerprint density at radius 3 is 2.46 bits per heavy atom. The highest BCUT2D eigenvalue weighted by molar-refractivity contribution is 5.23. The van der Waals surface area contributed by atoms with Crippen molar-refractivity contribution in [1.82, 2.24) is 0 Å². The molecule has 1 aliphatic rings. The molecule has 70 valence electrons. The Bertz CT molecular complexity index is 301. The summed E-state index contributed by atoms with van der Waals surface area (Å²) < 4.78 is 26.1. The van der Waals surface area contributed by atoms with E-state index in [9.17, 15) is 8.78 Å². The minimum absolute atomic E-state index is 0.246.